The third kappa shape index (κ3) is 6.13. The van der Waals surface area contributed by atoms with E-state index >= 15 is 0 Å². The van der Waals surface area contributed by atoms with Crippen molar-refractivity contribution in [2.75, 3.05) is 16.4 Å². The summed E-state index contributed by atoms with van der Waals surface area (Å²) in [5.74, 6) is 0.0545. The van der Waals surface area contributed by atoms with Gasteiger partial charge in [-0.1, -0.05) is 58.7 Å². The molecule has 2 aromatic carbocycles. The molecule has 0 aliphatic heterocycles. The lowest BCUT2D eigenvalue weighted by molar-refractivity contribution is -0.116. The van der Waals surface area contributed by atoms with Gasteiger partial charge in [-0.3, -0.25) is 9.59 Å². The minimum absolute atomic E-state index is 0.0129. The molecule has 0 saturated heterocycles. The van der Waals surface area contributed by atoms with Crippen molar-refractivity contribution in [2.45, 2.75) is 18.5 Å². The van der Waals surface area contributed by atoms with Crippen LogP contribution in [0.5, 0.6) is 0 Å². The highest BCUT2D eigenvalue weighted by Gasteiger charge is 2.16. The lowest BCUT2D eigenvalue weighted by Crippen LogP contribution is -2.17. The van der Waals surface area contributed by atoms with Gasteiger partial charge in [-0.15, -0.1) is 10.2 Å². The van der Waals surface area contributed by atoms with E-state index < -0.39 is 0 Å². The number of nitrogens with one attached hydrogen (secondary N) is 2. The highest BCUT2D eigenvalue weighted by Crippen LogP contribution is 2.29. The monoisotopic (exact) mass is 497 g/mol. The van der Waals surface area contributed by atoms with Gasteiger partial charge in [0, 0.05) is 17.8 Å². The maximum Gasteiger partial charge on any atom is 0.234 e. The molecule has 0 spiro atoms. The minimum atomic E-state index is -0.315. The number of aromatic nitrogens is 3. The van der Waals surface area contributed by atoms with Crippen LogP contribution in [0, 0.1) is 6.92 Å². The molecule has 31 heavy (non-hydrogen) atoms. The molecule has 162 valence electrons. The van der Waals surface area contributed by atoms with Gasteiger partial charge in [0.2, 0.25) is 11.8 Å². The maximum atomic E-state index is 12.4. The molecule has 0 saturated carbocycles. The van der Waals surface area contributed by atoms with Crippen molar-refractivity contribution >= 4 is 69.8 Å². The Morgan fingerprint density at radius 3 is 2.55 bits per heavy atom. The molecular formula is C20H18Cl3N5O2S. The molecule has 1 aromatic heterocycles. The molecule has 1 heterocycles. The smallest absolute Gasteiger partial charge is 0.234 e. The lowest BCUT2D eigenvalue weighted by Gasteiger charge is -2.08. The molecule has 3 aromatic rings. The first-order valence-electron chi connectivity index (χ1n) is 9.05. The van der Waals surface area contributed by atoms with E-state index in [1.807, 2.05) is 13.0 Å². The zero-order valence-electron chi connectivity index (χ0n) is 16.6. The van der Waals surface area contributed by atoms with E-state index in [-0.39, 0.29) is 29.0 Å². The Morgan fingerprint density at radius 1 is 1.03 bits per heavy atom. The summed E-state index contributed by atoms with van der Waals surface area (Å²) in [6.45, 7) is 1.89. The largest absolute Gasteiger partial charge is 0.325 e. The quantitative estimate of drug-likeness (QED) is 0.448. The molecule has 2 amide bonds. The molecule has 2 N–H and O–H groups in total. The first-order valence-corrected chi connectivity index (χ1v) is 11.2. The van der Waals surface area contributed by atoms with Crippen LogP contribution in [0.2, 0.25) is 15.1 Å². The molecule has 7 nitrogen and oxygen atoms in total. The Hall–Kier alpha value is -2.26. The Labute approximate surface area is 198 Å². The SMILES string of the molecule is Cc1ccc(NC(=O)CSc2nnc(CC(=O)Nc3cccc(Cl)c3Cl)n2C)cc1Cl. The van der Waals surface area contributed by atoms with Gasteiger partial charge in [-0.05, 0) is 36.8 Å². The number of benzene rings is 2. The molecule has 0 aliphatic carbocycles. The fraction of sp³-hybridized carbons (Fsp3) is 0.200. The van der Waals surface area contributed by atoms with Gasteiger partial charge in [0.05, 0.1) is 27.9 Å². The summed E-state index contributed by atoms with van der Waals surface area (Å²) in [4.78, 5) is 24.6. The van der Waals surface area contributed by atoms with Crippen LogP contribution in [0.15, 0.2) is 41.6 Å². The molecule has 0 fully saturated rings. The number of hydrogen-bond acceptors (Lipinski definition) is 5. The lowest BCUT2D eigenvalue weighted by atomic mass is 10.2. The van der Waals surface area contributed by atoms with Crippen molar-refractivity contribution in [2.24, 2.45) is 7.05 Å². The van der Waals surface area contributed by atoms with Crippen molar-refractivity contribution in [1.29, 1.82) is 0 Å². The first-order chi connectivity index (χ1) is 14.7. The molecule has 0 unspecified atom stereocenters. The summed E-state index contributed by atoms with van der Waals surface area (Å²) in [7, 11) is 1.73. The van der Waals surface area contributed by atoms with Gasteiger partial charge in [0.1, 0.15) is 5.82 Å². The highest BCUT2D eigenvalue weighted by molar-refractivity contribution is 7.99. The number of anilines is 2. The first kappa shape index (κ1) is 23.4. The van der Waals surface area contributed by atoms with Crippen LogP contribution in [0.3, 0.4) is 0 Å². The topological polar surface area (TPSA) is 88.9 Å². The van der Waals surface area contributed by atoms with Crippen LogP contribution in [-0.2, 0) is 23.1 Å². The Balaban J connectivity index is 1.55. The normalized spacial score (nSPS) is 10.7. The number of amides is 2. The second kappa shape index (κ2) is 10.4. The average molecular weight is 499 g/mol. The van der Waals surface area contributed by atoms with Crippen LogP contribution in [-0.4, -0.2) is 32.3 Å². The molecule has 0 atom stereocenters. The summed E-state index contributed by atoms with van der Waals surface area (Å²) in [6.07, 6.45) is -0.0129. The molecule has 0 bridgehead atoms. The van der Waals surface area contributed by atoms with Crippen molar-refractivity contribution in [3.63, 3.8) is 0 Å². The van der Waals surface area contributed by atoms with Gasteiger partial charge in [0.25, 0.3) is 0 Å². The van der Waals surface area contributed by atoms with Crippen LogP contribution < -0.4 is 10.6 Å². The fourth-order valence-electron chi connectivity index (χ4n) is 2.56. The van der Waals surface area contributed by atoms with Crippen molar-refractivity contribution in [3.8, 4) is 0 Å². The van der Waals surface area contributed by atoms with Crippen molar-refractivity contribution < 1.29 is 9.59 Å². The number of thioether (sulfide) groups is 1. The van der Waals surface area contributed by atoms with E-state index in [0.29, 0.717) is 32.4 Å². The standard InChI is InChI=1S/C20H18Cl3N5O2S/c1-11-6-7-12(8-14(11)22)24-18(30)10-31-20-27-26-16(28(20)2)9-17(29)25-15-5-3-4-13(21)19(15)23/h3-8H,9-10H2,1-2H3,(H,24,30)(H,25,29). The summed E-state index contributed by atoms with van der Waals surface area (Å²) in [6, 6.07) is 10.3. The predicted molar refractivity (Wildman–Crippen MR) is 125 cm³/mol. The molecule has 11 heteroatoms. The van der Waals surface area contributed by atoms with Crippen LogP contribution in [0.25, 0.3) is 0 Å². The second-order valence-corrected chi connectivity index (χ2v) is 8.72. The summed E-state index contributed by atoms with van der Waals surface area (Å²) < 4.78 is 1.67. The molecule has 0 aliphatic rings. The highest BCUT2D eigenvalue weighted by atomic mass is 35.5. The van der Waals surface area contributed by atoms with E-state index in [1.54, 1.807) is 41.9 Å². The van der Waals surface area contributed by atoms with Gasteiger partial charge in [0.15, 0.2) is 5.16 Å². The summed E-state index contributed by atoms with van der Waals surface area (Å²) >= 11 is 19.3. The minimum Gasteiger partial charge on any atom is -0.325 e. The zero-order valence-corrected chi connectivity index (χ0v) is 19.7. The van der Waals surface area contributed by atoms with Gasteiger partial charge >= 0.3 is 0 Å². The molecular weight excluding hydrogens is 481 g/mol. The van der Waals surface area contributed by atoms with E-state index in [9.17, 15) is 9.59 Å². The third-order valence-corrected chi connectivity index (χ3v) is 6.50. The Morgan fingerprint density at radius 2 is 1.81 bits per heavy atom. The molecule has 3 rings (SSSR count). The number of aryl methyl sites for hydroxylation is 1. The average Bonchev–Trinajstić information content (AvgIpc) is 3.06. The number of rotatable bonds is 7. The predicted octanol–water partition coefficient (Wildman–Crippen LogP) is 5.00. The van der Waals surface area contributed by atoms with Crippen LogP contribution in [0.4, 0.5) is 11.4 Å². The fourth-order valence-corrected chi connectivity index (χ4v) is 3.82. The van der Waals surface area contributed by atoms with E-state index in [2.05, 4.69) is 20.8 Å². The van der Waals surface area contributed by atoms with E-state index in [4.69, 9.17) is 34.8 Å². The second-order valence-electron chi connectivity index (χ2n) is 6.58. The number of hydrogen-bond donors (Lipinski definition) is 2. The number of nitrogens with zero attached hydrogens (tertiary/aromatic N) is 3. The third-order valence-electron chi connectivity index (χ3n) is 4.26. The summed E-state index contributed by atoms with van der Waals surface area (Å²) in [5.41, 5.74) is 1.97. The molecule has 0 radical (unpaired) electrons. The van der Waals surface area contributed by atoms with Crippen LogP contribution >= 0.6 is 46.6 Å². The van der Waals surface area contributed by atoms with E-state index in [0.717, 1.165) is 5.56 Å². The zero-order chi connectivity index (χ0) is 22.5. The van der Waals surface area contributed by atoms with E-state index in [1.165, 1.54) is 11.8 Å². The van der Waals surface area contributed by atoms with Gasteiger partial charge in [-0.25, -0.2) is 0 Å². The maximum absolute atomic E-state index is 12.4. The number of carbonyl (C=O) groups is 2. The van der Waals surface area contributed by atoms with Gasteiger partial charge in [-0.2, -0.15) is 0 Å². The van der Waals surface area contributed by atoms with Crippen molar-refractivity contribution in [1.82, 2.24) is 14.8 Å². The Bertz CT molecular complexity index is 1140. The summed E-state index contributed by atoms with van der Waals surface area (Å²) in [5, 5.41) is 15.3. The number of carbonyl (C=O) groups excluding carboxylic acids is 2. The number of halogens is 3. The van der Waals surface area contributed by atoms with Gasteiger partial charge < -0.3 is 15.2 Å². The van der Waals surface area contributed by atoms with Crippen molar-refractivity contribution in [3.05, 3.63) is 62.9 Å². The Kier molecular flexibility index (Phi) is 7.83. The van der Waals surface area contributed by atoms with Crippen LogP contribution in [0.1, 0.15) is 11.4 Å².